The van der Waals surface area contributed by atoms with E-state index in [9.17, 15) is 13.2 Å². The van der Waals surface area contributed by atoms with Crippen LogP contribution >= 0.6 is 23.1 Å². The van der Waals surface area contributed by atoms with Gasteiger partial charge in [0, 0.05) is 23.5 Å². The molecule has 1 fully saturated rings. The van der Waals surface area contributed by atoms with Crippen LogP contribution in [0.2, 0.25) is 0 Å². The van der Waals surface area contributed by atoms with Crippen molar-refractivity contribution in [3.8, 4) is 0 Å². The fourth-order valence-corrected chi connectivity index (χ4v) is 6.71. The molecule has 1 saturated heterocycles. The van der Waals surface area contributed by atoms with E-state index in [1.807, 2.05) is 18.4 Å². The molecule has 8 nitrogen and oxygen atoms in total. The third-order valence-corrected chi connectivity index (χ3v) is 9.34. The molecule has 0 bridgehead atoms. The van der Waals surface area contributed by atoms with Gasteiger partial charge in [0.2, 0.25) is 10.0 Å². The van der Waals surface area contributed by atoms with E-state index in [2.05, 4.69) is 6.07 Å². The van der Waals surface area contributed by atoms with Crippen molar-refractivity contribution in [2.24, 2.45) is 0 Å². The first-order valence-corrected chi connectivity index (χ1v) is 14.4. The van der Waals surface area contributed by atoms with Crippen LogP contribution in [-0.4, -0.2) is 56.2 Å². The monoisotopic (exact) mass is 529 g/mol. The van der Waals surface area contributed by atoms with Gasteiger partial charge in [0.1, 0.15) is 5.76 Å². The zero-order valence-electron chi connectivity index (χ0n) is 18.9. The van der Waals surface area contributed by atoms with Crippen LogP contribution in [0.4, 0.5) is 5.13 Å². The van der Waals surface area contributed by atoms with Gasteiger partial charge in [-0.2, -0.15) is 4.31 Å². The predicted molar refractivity (Wildman–Crippen MR) is 137 cm³/mol. The van der Waals surface area contributed by atoms with Crippen molar-refractivity contribution in [3.63, 3.8) is 0 Å². The van der Waals surface area contributed by atoms with Crippen molar-refractivity contribution in [1.82, 2.24) is 9.29 Å². The van der Waals surface area contributed by atoms with Crippen LogP contribution in [0.3, 0.4) is 0 Å². The maximum atomic E-state index is 13.6. The molecule has 5 rings (SSSR count). The number of ether oxygens (including phenoxy) is 1. The molecule has 182 valence electrons. The van der Waals surface area contributed by atoms with Crippen molar-refractivity contribution in [2.75, 3.05) is 37.5 Å². The molecule has 11 heteroatoms. The Morgan fingerprint density at radius 3 is 2.60 bits per heavy atom. The van der Waals surface area contributed by atoms with Gasteiger partial charge in [0.15, 0.2) is 5.13 Å². The Balaban J connectivity index is 1.46. The zero-order valence-corrected chi connectivity index (χ0v) is 21.4. The highest BCUT2D eigenvalue weighted by atomic mass is 32.2. The first kappa shape index (κ1) is 24.0. The first-order valence-electron chi connectivity index (χ1n) is 10.9. The maximum Gasteiger partial charge on any atom is 0.260 e. The Labute approximate surface area is 211 Å². The Morgan fingerprint density at radius 1 is 1.14 bits per heavy atom. The molecule has 2 aromatic carbocycles. The number of anilines is 1. The molecule has 3 heterocycles. The quantitative estimate of drug-likeness (QED) is 0.326. The number of hydrogen-bond acceptors (Lipinski definition) is 8. The lowest BCUT2D eigenvalue weighted by atomic mass is 10.2. The summed E-state index contributed by atoms with van der Waals surface area (Å²) in [6, 6.07) is 15.6. The summed E-state index contributed by atoms with van der Waals surface area (Å²) in [5.74, 6) is 0.329. The van der Waals surface area contributed by atoms with Gasteiger partial charge in [-0.1, -0.05) is 11.3 Å². The fourth-order valence-electron chi connectivity index (χ4n) is 3.78. The average molecular weight is 530 g/mol. The number of sulfonamides is 1. The summed E-state index contributed by atoms with van der Waals surface area (Å²) < 4.78 is 39.0. The maximum absolute atomic E-state index is 13.6. The Hall–Kier alpha value is -2.70. The van der Waals surface area contributed by atoms with Gasteiger partial charge in [-0.05, 0) is 60.9 Å². The number of nitrogens with zero attached hydrogens (tertiary/aromatic N) is 3. The van der Waals surface area contributed by atoms with Crippen molar-refractivity contribution >= 4 is 54.4 Å². The van der Waals surface area contributed by atoms with E-state index in [0.717, 1.165) is 15.1 Å². The molecular formula is C24H23N3O5S3. The molecule has 0 radical (unpaired) electrons. The number of aromatic nitrogens is 1. The third kappa shape index (κ3) is 5.00. The van der Waals surface area contributed by atoms with Gasteiger partial charge in [0.25, 0.3) is 5.91 Å². The van der Waals surface area contributed by atoms with Crippen molar-refractivity contribution in [2.45, 2.75) is 16.3 Å². The number of amides is 1. The second-order valence-corrected chi connectivity index (χ2v) is 11.7. The van der Waals surface area contributed by atoms with E-state index in [4.69, 9.17) is 14.1 Å². The third-order valence-electron chi connectivity index (χ3n) is 5.66. The van der Waals surface area contributed by atoms with Crippen LogP contribution in [-0.2, 0) is 21.3 Å². The zero-order chi connectivity index (χ0) is 24.4. The fraction of sp³-hybridized carbons (Fsp3) is 0.250. The minimum Gasteiger partial charge on any atom is -0.467 e. The van der Waals surface area contributed by atoms with E-state index in [1.165, 1.54) is 27.8 Å². The smallest absolute Gasteiger partial charge is 0.260 e. The largest absolute Gasteiger partial charge is 0.467 e. The van der Waals surface area contributed by atoms with E-state index >= 15 is 0 Å². The van der Waals surface area contributed by atoms with E-state index in [-0.39, 0.29) is 17.3 Å². The highest BCUT2D eigenvalue weighted by molar-refractivity contribution is 7.98. The van der Waals surface area contributed by atoms with Crippen LogP contribution in [0.1, 0.15) is 16.1 Å². The van der Waals surface area contributed by atoms with Crippen molar-refractivity contribution in [3.05, 3.63) is 72.2 Å². The minimum absolute atomic E-state index is 0.151. The molecule has 0 atom stereocenters. The van der Waals surface area contributed by atoms with Crippen LogP contribution in [0.5, 0.6) is 0 Å². The van der Waals surface area contributed by atoms with Gasteiger partial charge >= 0.3 is 0 Å². The summed E-state index contributed by atoms with van der Waals surface area (Å²) in [7, 11) is -3.64. The number of thioether (sulfide) groups is 1. The molecule has 0 spiro atoms. The normalized spacial score (nSPS) is 14.9. The molecule has 1 aliphatic heterocycles. The number of carbonyl (C=O) groups is 1. The lowest BCUT2D eigenvalue weighted by Crippen LogP contribution is -2.40. The Bertz CT molecular complexity index is 1430. The van der Waals surface area contributed by atoms with Crippen LogP contribution in [0.15, 0.2) is 75.1 Å². The summed E-state index contributed by atoms with van der Waals surface area (Å²) in [6.45, 7) is 1.58. The molecular weight excluding hydrogens is 506 g/mol. The summed E-state index contributed by atoms with van der Waals surface area (Å²) in [6.07, 6.45) is 3.57. The number of benzene rings is 2. The Morgan fingerprint density at radius 2 is 1.91 bits per heavy atom. The van der Waals surface area contributed by atoms with Gasteiger partial charge in [-0.15, -0.1) is 11.8 Å². The molecule has 0 unspecified atom stereocenters. The second-order valence-electron chi connectivity index (χ2n) is 7.84. The number of furan rings is 1. The van der Waals surface area contributed by atoms with Gasteiger partial charge in [0.05, 0.1) is 41.1 Å². The predicted octanol–water partition coefficient (Wildman–Crippen LogP) is 4.48. The molecule has 1 amide bonds. The minimum atomic E-state index is -3.64. The van der Waals surface area contributed by atoms with Crippen LogP contribution in [0, 0.1) is 0 Å². The summed E-state index contributed by atoms with van der Waals surface area (Å²) >= 11 is 3.08. The number of morpholine rings is 1. The van der Waals surface area contributed by atoms with E-state index in [0.29, 0.717) is 42.8 Å². The van der Waals surface area contributed by atoms with Crippen LogP contribution < -0.4 is 4.90 Å². The lowest BCUT2D eigenvalue weighted by molar-refractivity contribution is 0.0730. The second kappa shape index (κ2) is 10.1. The SMILES string of the molecule is CSc1ccc2nc(N(Cc3ccco3)C(=O)c3ccc(S(=O)(=O)N4CCOCC4)cc3)sc2c1. The standard InChI is InChI=1S/C24H23N3O5S3/c1-33-19-6-9-21-22(15-19)34-24(25-21)27(16-18-3-2-12-32-18)23(28)17-4-7-20(8-5-17)35(29,30)26-10-13-31-14-11-26/h2-9,12,15H,10-11,13-14,16H2,1H3. The first-order chi connectivity index (χ1) is 17.0. The number of thiazole rings is 1. The summed E-state index contributed by atoms with van der Waals surface area (Å²) in [4.78, 5) is 21.1. The molecule has 0 N–H and O–H groups in total. The highest BCUT2D eigenvalue weighted by Crippen LogP contribution is 2.33. The van der Waals surface area contributed by atoms with Gasteiger partial charge in [-0.3, -0.25) is 9.69 Å². The molecule has 1 aliphatic rings. The van der Waals surface area contributed by atoms with Gasteiger partial charge in [-0.25, -0.2) is 13.4 Å². The molecule has 0 aliphatic carbocycles. The van der Waals surface area contributed by atoms with E-state index < -0.39 is 10.0 Å². The molecule has 0 saturated carbocycles. The molecule has 2 aromatic heterocycles. The van der Waals surface area contributed by atoms with Crippen molar-refractivity contribution < 1.29 is 22.4 Å². The number of fused-ring (bicyclic) bond motifs is 1. The van der Waals surface area contributed by atoms with Crippen molar-refractivity contribution in [1.29, 1.82) is 0 Å². The van der Waals surface area contributed by atoms with E-state index in [1.54, 1.807) is 47.2 Å². The molecule has 35 heavy (non-hydrogen) atoms. The number of rotatable bonds is 7. The average Bonchev–Trinajstić information content (AvgIpc) is 3.56. The highest BCUT2D eigenvalue weighted by Gasteiger charge is 2.27. The number of hydrogen-bond donors (Lipinski definition) is 0. The summed E-state index contributed by atoms with van der Waals surface area (Å²) in [5.41, 5.74) is 1.17. The van der Waals surface area contributed by atoms with Gasteiger partial charge < -0.3 is 9.15 Å². The molecule has 4 aromatic rings. The van der Waals surface area contributed by atoms with Crippen LogP contribution in [0.25, 0.3) is 10.2 Å². The Kier molecular flexibility index (Phi) is 6.94. The number of carbonyl (C=O) groups excluding carboxylic acids is 1. The topological polar surface area (TPSA) is 93.0 Å². The summed E-state index contributed by atoms with van der Waals surface area (Å²) in [5, 5.41) is 0.546. The lowest BCUT2D eigenvalue weighted by Gasteiger charge is -2.26.